The molecule has 2 amide bonds. The summed E-state index contributed by atoms with van der Waals surface area (Å²) in [6.45, 7) is 8.45. The van der Waals surface area contributed by atoms with Gasteiger partial charge in [0.2, 0.25) is 0 Å². The molecule has 2 saturated heterocycles. The second kappa shape index (κ2) is 3.89. The molecule has 2 N–H and O–H groups in total. The SMILES string of the molecule is CC(C)(C)N1C[C@H]2[C@H](CO)NCCN2C1=O. The molecule has 16 heavy (non-hydrogen) atoms. The number of nitrogens with zero attached hydrogens (tertiary/aromatic N) is 2. The van der Waals surface area contributed by atoms with E-state index in [1.807, 2.05) is 30.6 Å². The Kier molecular flexibility index (Phi) is 2.84. The van der Waals surface area contributed by atoms with Crippen LogP contribution in [0, 0.1) is 0 Å². The lowest BCUT2D eigenvalue weighted by atomic mass is 10.0. The quantitative estimate of drug-likeness (QED) is 0.655. The van der Waals surface area contributed by atoms with E-state index in [0.29, 0.717) is 6.54 Å². The van der Waals surface area contributed by atoms with Crippen LogP contribution in [0.25, 0.3) is 0 Å². The third-order valence-electron chi connectivity index (χ3n) is 3.48. The zero-order valence-corrected chi connectivity index (χ0v) is 10.2. The average molecular weight is 227 g/mol. The molecular formula is C11H21N3O2. The van der Waals surface area contributed by atoms with Crippen molar-refractivity contribution in [1.29, 1.82) is 0 Å². The van der Waals surface area contributed by atoms with Crippen molar-refractivity contribution in [3.63, 3.8) is 0 Å². The average Bonchev–Trinajstić information content (AvgIpc) is 2.56. The van der Waals surface area contributed by atoms with Gasteiger partial charge in [0.15, 0.2) is 0 Å². The first-order valence-electron chi connectivity index (χ1n) is 5.87. The molecular weight excluding hydrogens is 206 g/mol. The number of aliphatic hydroxyl groups excluding tert-OH is 1. The van der Waals surface area contributed by atoms with Crippen LogP contribution in [0.15, 0.2) is 0 Å². The number of carbonyl (C=O) groups is 1. The van der Waals surface area contributed by atoms with Crippen LogP contribution >= 0.6 is 0 Å². The predicted octanol–water partition coefficient (Wildman–Crippen LogP) is -0.145. The standard InChI is InChI=1S/C11H21N3O2/c1-11(2,3)14-6-9-8(7-15)12-4-5-13(9)10(14)16/h8-9,12,15H,4-7H2,1-3H3/t8-,9-/m0/s1. The first-order chi connectivity index (χ1) is 7.45. The molecule has 2 rings (SSSR count). The number of fused-ring (bicyclic) bond motifs is 1. The van der Waals surface area contributed by atoms with Crippen LogP contribution in [-0.4, -0.2) is 64.8 Å². The Labute approximate surface area is 96.4 Å². The summed E-state index contributed by atoms with van der Waals surface area (Å²) in [6.07, 6.45) is 0. The minimum Gasteiger partial charge on any atom is -0.395 e. The molecule has 0 radical (unpaired) electrons. The molecule has 0 bridgehead atoms. The van der Waals surface area contributed by atoms with E-state index in [2.05, 4.69) is 5.32 Å². The first kappa shape index (κ1) is 11.7. The number of aliphatic hydroxyl groups is 1. The van der Waals surface area contributed by atoms with Gasteiger partial charge < -0.3 is 20.2 Å². The lowest BCUT2D eigenvalue weighted by Gasteiger charge is -2.35. The van der Waals surface area contributed by atoms with Gasteiger partial charge in [-0.15, -0.1) is 0 Å². The Hall–Kier alpha value is -0.810. The number of hydrogen-bond acceptors (Lipinski definition) is 3. The molecule has 2 aliphatic heterocycles. The van der Waals surface area contributed by atoms with E-state index in [9.17, 15) is 9.90 Å². The maximum absolute atomic E-state index is 12.2. The zero-order chi connectivity index (χ0) is 11.9. The smallest absolute Gasteiger partial charge is 0.320 e. The van der Waals surface area contributed by atoms with Gasteiger partial charge in [0.1, 0.15) is 0 Å². The summed E-state index contributed by atoms with van der Waals surface area (Å²) in [5, 5.41) is 12.6. The van der Waals surface area contributed by atoms with E-state index < -0.39 is 0 Å². The lowest BCUT2D eigenvalue weighted by Crippen LogP contribution is -2.58. The predicted molar refractivity (Wildman–Crippen MR) is 61.2 cm³/mol. The van der Waals surface area contributed by atoms with E-state index in [1.54, 1.807) is 0 Å². The van der Waals surface area contributed by atoms with Gasteiger partial charge in [-0.3, -0.25) is 0 Å². The van der Waals surface area contributed by atoms with Crippen LogP contribution in [0.2, 0.25) is 0 Å². The number of hydrogen-bond donors (Lipinski definition) is 2. The summed E-state index contributed by atoms with van der Waals surface area (Å²) in [5.74, 6) is 0. The van der Waals surface area contributed by atoms with Crippen LogP contribution in [0.4, 0.5) is 4.79 Å². The Morgan fingerprint density at radius 2 is 2.19 bits per heavy atom. The van der Waals surface area contributed by atoms with Crippen LogP contribution in [0.3, 0.4) is 0 Å². The summed E-state index contributed by atoms with van der Waals surface area (Å²) in [6, 6.07) is 0.243. The highest BCUT2D eigenvalue weighted by Crippen LogP contribution is 2.27. The van der Waals surface area contributed by atoms with Crippen molar-refractivity contribution in [2.24, 2.45) is 0 Å². The van der Waals surface area contributed by atoms with Crippen molar-refractivity contribution < 1.29 is 9.90 Å². The number of rotatable bonds is 1. The van der Waals surface area contributed by atoms with Crippen molar-refractivity contribution in [2.45, 2.75) is 38.4 Å². The fraction of sp³-hybridized carbons (Fsp3) is 0.909. The lowest BCUT2D eigenvalue weighted by molar-refractivity contribution is 0.130. The molecule has 2 atom stereocenters. The largest absolute Gasteiger partial charge is 0.395 e. The fourth-order valence-corrected chi connectivity index (χ4v) is 2.52. The van der Waals surface area contributed by atoms with Crippen molar-refractivity contribution in [1.82, 2.24) is 15.1 Å². The normalized spacial score (nSPS) is 30.9. The van der Waals surface area contributed by atoms with Crippen molar-refractivity contribution in [2.75, 3.05) is 26.2 Å². The molecule has 2 fully saturated rings. The van der Waals surface area contributed by atoms with Crippen LogP contribution in [0.5, 0.6) is 0 Å². The van der Waals surface area contributed by atoms with Gasteiger partial charge in [-0.25, -0.2) is 4.79 Å². The Balaban J connectivity index is 2.18. The summed E-state index contributed by atoms with van der Waals surface area (Å²) < 4.78 is 0. The maximum atomic E-state index is 12.2. The third kappa shape index (κ3) is 1.78. The Bertz CT molecular complexity index is 287. The van der Waals surface area contributed by atoms with Gasteiger partial charge in [-0.2, -0.15) is 0 Å². The van der Waals surface area contributed by atoms with E-state index in [0.717, 1.165) is 13.1 Å². The van der Waals surface area contributed by atoms with Crippen molar-refractivity contribution in [3.8, 4) is 0 Å². The molecule has 92 valence electrons. The van der Waals surface area contributed by atoms with Gasteiger partial charge in [0.25, 0.3) is 0 Å². The van der Waals surface area contributed by atoms with E-state index in [4.69, 9.17) is 0 Å². The van der Waals surface area contributed by atoms with E-state index >= 15 is 0 Å². The fourth-order valence-electron chi connectivity index (χ4n) is 2.52. The number of nitrogens with one attached hydrogen (secondary N) is 1. The number of urea groups is 1. The minimum absolute atomic E-state index is 0.0186. The Morgan fingerprint density at radius 1 is 1.50 bits per heavy atom. The van der Waals surface area contributed by atoms with E-state index in [-0.39, 0.29) is 30.3 Å². The van der Waals surface area contributed by atoms with Crippen molar-refractivity contribution in [3.05, 3.63) is 0 Å². The first-order valence-corrected chi connectivity index (χ1v) is 5.87. The number of carbonyl (C=O) groups excluding carboxylic acids is 1. The highest BCUT2D eigenvalue weighted by atomic mass is 16.3. The monoisotopic (exact) mass is 227 g/mol. The zero-order valence-electron chi connectivity index (χ0n) is 10.2. The molecule has 0 saturated carbocycles. The van der Waals surface area contributed by atoms with Crippen LogP contribution in [0.1, 0.15) is 20.8 Å². The molecule has 0 aliphatic carbocycles. The second-order valence-corrected chi connectivity index (χ2v) is 5.57. The summed E-state index contributed by atoms with van der Waals surface area (Å²) in [4.78, 5) is 16.0. The topological polar surface area (TPSA) is 55.8 Å². The molecule has 0 unspecified atom stereocenters. The number of amides is 2. The molecule has 5 heteroatoms. The molecule has 2 aliphatic rings. The molecule has 0 spiro atoms. The molecule has 0 aromatic carbocycles. The molecule has 0 aromatic heterocycles. The van der Waals surface area contributed by atoms with Crippen molar-refractivity contribution >= 4 is 6.03 Å². The van der Waals surface area contributed by atoms with E-state index in [1.165, 1.54) is 0 Å². The molecule has 0 aromatic rings. The van der Waals surface area contributed by atoms with Gasteiger partial charge in [-0.05, 0) is 20.8 Å². The summed E-state index contributed by atoms with van der Waals surface area (Å²) in [7, 11) is 0. The van der Waals surface area contributed by atoms with Crippen LogP contribution < -0.4 is 5.32 Å². The van der Waals surface area contributed by atoms with Gasteiger partial charge in [0.05, 0.1) is 18.7 Å². The maximum Gasteiger partial charge on any atom is 0.320 e. The van der Waals surface area contributed by atoms with Gasteiger partial charge in [0, 0.05) is 25.2 Å². The van der Waals surface area contributed by atoms with Crippen LogP contribution in [-0.2, 0) is 0 Å². The second-order valence-electron chi connectivity index (χ2n) is 5.57. The highest BCUT2D eigenvalue weighted by molar-refractivity contribution is 5.78. The highest BCUT2D eigenvalue weighted by Gasteiger charge is 2.46. The molecule has 5 nitrogen and oxygen atoms in total. The summed E-state index contributed by atoms with van der Waals surface area (Å²) >= 11 is 0. The van der Waals surface area contributed by atoms with Gasteiger partial charge >= 0.3 is 6.03 Å². The number of piperazine rings is 1. The molecule has 2 heterocycles. The Morgan fingerprint density at radius 3 is 2.75 bits per heavy atom. The third-order valence-corrected chi connectivity index (χ3v) is 3.48. The summed E-state index contributed by atoms with van der Waals surface area (Å²) in [5.41, 5.74) is -0.144. The van der Waals surface area contributed by atoms with Gasteiger partial charge in [-0.1, -0.05) is 0 Å². The minimum atomic E-state index is -0.144.